The fourth-order valence-corrected chi connectivity index (χ4v) is 1.58. The molecule has 2 aromatic rings. The molecule has 2 heterocycles. The van der Waals surface area contributed by atoms with Gasteiger partial charge in [0.25, 0.3) is 0 Å². The summed E-state index contributed by atoms with van der Waals surface area (Å²) in [5.41, 5.74) is 6.30. The molecule has 0 aliphatic rings. The maximum Gasteiger partial charge on any atom is 0.333 e. The van der Waals surface area contributed by atoms with Gasteiger partial charge in [-0.1, -0.05) is 19.1 Å². The van der Waals surface area contributed by atoms with Crippen molar-refractivity contribution in [2.45, 2.75) is 19.8 Å². The van der Waals surface area contributed by atoms with Crippen LogP contribution in [-0.4, -0.2) is 25.7 Å². The third kappa shape index (κ3) is 2.26. The van der Waals surface area contributed by atoms with Crippen LogP contribution in [0.3, 0.4) is 0 Å². The van der Waals surface area contributed by atoms with Crippen LogP contribution >= 0.6 is 12.2 Å². The van der Waals surface area contributed by atoms with E-state index in [2.05, 4.69) is 15.0 Å². The second kappa shape index (κ2) is 4.50. The molecule has 0 aromatic carbocycles. The van der Waals surface area contributed by atoms with E-state index in [9.17, 15) is 4.79 Å². The molecule has 7 nitrogen and oxygen atoms in total. The molecule has 0 aliphatic carbocycles. The predicted octanol–water partition coefficient (Wildman–Crippen LogP) is 0.826. The number of nitrogens with one attached hydrogen (secondary N) is 1. The molecule has 17 heavy (non-hydrogen) atoms. The lowest BCUT2D eigenvalue weighted by molar-refractivity contribution is -0.143. The summed E-state index contributed by atoms with van der Waals surface area (Å²) in [4.78, 5) is 27.1. The summed E-state index contributed by atoms with van der Waals surface area (Å²) in [5, 5.41) is 0. The molecule has 2 rings (SSSR count). The molecule has 0 radical (unpaired) electrons. The van der Waals surface area contributed by atoms with E-state index in [1.54, 1.807) is 0 Å². The van der Waals surface area contributed by atoms with E-state index >= 15 is 0 Å². The first-order valence-corrected chi connectivity index (χ1v) is 5.46. The monoisotopic (exact) mass is 253 g/mol. The summed E-state index contributed by atoms with van der Waals surface area (Å²) in [6.45, 7) is 1.89. The summed E-state index contributed by atoms with van der Waals surface area (Å²) in [6.07, 6.45) is 2.38. The minimum atomic E-state index is -0.356. The second-order valence-electron chi connectivity index (χ2n) is 3.41. The lowest BCUT2D eigenvalue weighted by Gasteiger charge is -2.03. The Morgan fingerprint density at radius 1 is 1.71 bits per heavy atom. The number of nitrogens with two attached hydrogens (primary N) is 1. The highest BCUT2D eigenvalue weighted by atomic mass is 32.1. The first kappa shape index (κ1) is 11.5. The summed E-state index contributed by atoms with van der Waals surface area (Å²) < 4.78 is 1.53. The Morgan fingerprint density at radius 2 is 2.47 bits per heavy atom. The molecule has 8 heteroatoms. The van der Waals surface area contributed by atoms with E-state index in [4.69, 9.17) is 22.8 Å². The van der Waals surface area contributed by atoms with Gasteiger partial charge in [0.2, 0.25) is 11.6 Å². The molecule has 0 bridgehead atoms. The van der Waals surface area contributed by atoms with Gasteiger partial charge in [0.05, 0.1) is 0 Å². The van der Waals surface area contributed by atoms with Gasteiger partial charge in [-0.3, -0.25) is 0 Å². The van der Waals surface area contributed by atoms with Crippen LogP contribution in [0.2, 0.25) is 0 Å². The zero-order valence-corrected chi connectivity index (χ0v) is 9.95. The van der Waals surface area contributed by atoms with Crippen molar-refractivity contribution in [2.24, 2.45) is 0 Å². The largest absolute Gasteiger partial charge is 0.369 e. The highest BCUT2D eigenvalue weighted by Gasteiger charge is 2.11. The number of hydrogen-bond acceptors (Lipinski definition) is 6. The molecular formula is C9H11N5O2S. The van der Waals surface area contributed by atoms with Crippen molar-refractivity contribution in [3.8, 4) is 0 Å². The van der Waals surface area contributed by atoms with Gasteiger partial charge in [-0.05, 0) is 6.42 Å². The van der Waals surface area contributed by atoms with E-state index in [1.165, 1.54) is 11.1 Å². The Balaban J connectivity index is 2.42. The van der Waals surface area contributed by atoms with Gasteiger partial charge in [0, 0.05) is 6.42 Å². The fraction of sp³-hybridized carbons (Fsp3) is 0.333. The van der Waals surface area contributed by atoms with Crippen LogP contribution in [0, 0.1) is 4.64 Å². The smallest absolute Gasteiger partial charge is 0.333 e. The molecule has 0 saturated heterocycles. The van der Waals surface area contributed by atoms with Gasteiger partial charge in [-0.15, -0.1) is 4.73 Å². The van der Waals surface area contributed by atoms with Crippen LogP contribution in [0.25, 0.3) is 11.2 Å². The normalized spacial score (nSPS) is 10.6. The lowest BCUT2D eigenvalue weighted by atomic mass is 10.3. The van der Waals surface area contributed by atoms with Crippen LogP contribution in [0.1, 0.15) is 19.8 Å². The first-order chi connectivity index (χ1) is 8.11. The second-order valence-corrected chi connectivity index (χ2v) is 3.82. The number of fused-ring (bicyclic) bond motifs is 1. The van der Waals surface area contributed by atoms with Gasteiger partial charge in [-0.25, -0.2) is 9.78 Å². The first-order valence-electron chi connectivity index (χ1n) is 5.06. The van der Waals surface area contributed by atoms with Gasteiger partial charge < -0.3 is 15.6 Å². The number of aromatic nitrogens is 4. The predicted molar refractivity (Wildman–Crippen MR) is 63.6 cm³/mol. The van der Waals surface area contributed by atoms with Gasteiger partial charge >= 0.3 is 5.97 Å². The maximum atomic E-state index is 11.4. The maximum absolute atomic E-state index is 11.4. The van der Waals surface area contributed by atoms with Crippen molar-refractivity contribution in [3.05, 3.63) is 11.0 Å². The third-order valence-corrected chi connectivity index (χ3v) is 2.34. The quantitative estimate of drug-likeness (QED) is 0.786. The summed E-state index contributed by atoms with van der Waals surface area (Å²) in [5.74, 6) is -0.207. The minimum absolute atomic E-state index is 0.149. The van der Waals surface area contributed by atoms with E-state index in [1.807, 2.05) is 6.92 Å². The highest BCUT2D eigenvalue weighted by Crippen LogP contribution is 2.10. The molecule has 0 spiro atoms. The molecule has 2 aromatic heterocycles. The average molecular weight is 253 g/mol. The number of imidazole rings is 1. The van der Waals surface area contributed by atoms with Crippen molar-refractivity contribution in [1.29, 1.82) is 0 Å². The van der Waals surface area contributed by atoms with E-state index in [0.717, 1.165) is 0 Å². The van der Waals surface area contributed by atoms with Gasteiger partial charge in [0.1, 0.15) is 16.5 Å². The van der Waals surface area contributed by atoms with Crippen LogP contribution in [0.5, 0.6) is 0 Å². The van der Waals surface area contributed by atoms with Crippen LogP contribution in [0.15, 0.2) is 6.33 Å². The standard InChI is InChI=1S/C9H11N5O2S/c1-2-3-5(15)16-14-4-11-6-7(14)12-9(10)13-8(6)17/h4H,2-3H2,1H3,(H3,10,12,13,17). The van der Waals surface area contributed by atoms with E-state index in [0.29, 0.717) is 28.6 Å². The number of carbonyl (C=O) groups excluding carboxylic acids is 1. The molecule has 0 saturated carbocycles. The molecule has 0 atom stereocenters. The summed E-state index contributed by atoms with van der Waals surface area (Å²) in [6, 6.07) is 0. The van der Waals surface area contributed by atoms with Gasteiger partial charge in [0.15, 0.2) is 0 Å². The van der Waals surface area contributed by atoms with Crippen LogP contribution in [-0.2, 0) is 4.79 Å². The van der Waals surface area contributed by atoms with Crippen molar-refractivity contribution >= 4 is 35.3 Å². The molecule has 0 fully saturated rings. The molecule has 0 amide bonds. The number of H-pyrrole nitrogens is 1. The van der Waals surface area contributed by atoms with Crippen LogP contribution in [0.4, 0.5) is 5.95 Å². The molecule has 0 aliphatic heterocycles. The Kier molecular flexibility index (Phi) is 3.05. The molecule has 90 valence electrons. The number of anilines is 1. The highest BCUT2D eigenvalue weighted by molar-refractivity contribution is 7.71. The summed E-state index contributed by atoms with van der Waals surface area (Å²) in [7, 11) is 0. The Hall–Kier alpha value is -1.96. The fourth-order valence-electron chi connectivity index (χ4n) is 1.33. The van der Waals surface area contributed by atoms with Crippen molar-refractivity contribution < 1.29 is 9.63 Å². The number of nitrogen functional groups attached to an aromatic ring is 1. The molecule has 3 N–H and O–H groups in total. The van der Waals surface area contributed by atoms with E-state index < -0.39 is 0 Å². The number of carbonyl (C=O) groups is 1. The number of nitrogens with zero attached hydrogens (tertiary/aromatic N) is 3. The number of hydrogen-bond donors (Lipinski definition) is 2. The summed E-state index contributed by atoms with van der Waals surface area (Å²) >= 11 is 5.03. The number of aromatic amines is 1. The van der Waals surface area contributed by atoms with Crippen molar-refractivity contribution in [3.63, 3.8) is 0 Å². The Morgan fingerprint density at radius 3 is 3.18 bits per heavy atom. The Labute approximate surface area is 102 Å². The van der Waals surface area contributed by atoms with Gasteiger partial charge in [-0.2, -0.15) is 4.98 Å². The van der Waals surface area contributed by atoms with Crippen molar-refractivity contribution in [2.75, 3.05) is 5.73 Å². The lowest BCUT2D eigenvalue weighted by Crippen LogP contribution is -2.19. The van der Waals surface area contributed by atoms with Crippen LogP contribution < -0.4 is 10.6 Å². The van der Waals surface area contributed by atoms with Crippen molar-refractivity contribution in [1.82, 2.24) is 19.7 Å². The minimum Gasteiger partial charge on any atom is -0.369 e. The average Bonchev–Trinajstić information content (AvgIpc) is 2.62. The van der Waals surface area contributed by atoms with E-state index in [-0.39, 0.29) is 11.9 Å². The Bertz CT molecular complexity index is 617. The molecular weight excluding hydrogens is 242 g/mol. The zero-order chi connectivity index (χ0) is 12.4. The topological polar surface area (TPSA) is 98.8 Å². The zero-order valence-electron chi connectivity index (χ0n) is 9.14. The SMILES string of the molecule is CCCC(=O)On1cnc2c(=S)[nH]c(N)nc21. The number of rotatable bonds is 3. The third-order valence-electron chi connectivity index (χ3n) is 2.05. The molecule has 0 unspecified atom stereocenters.